The largest absolute Gasteiger partial charge is 0.489 e. The lowest BCUT2D eigenvalue weighted by molar-refractivity contribution is 0.0697. The van der Waals surface area contributed by atoms with Crippen LogP contribution in [-0.2, 0) is 6.61 Å². The number of hydrogen-bond acceptors (Lipinski definition) is 5. The first kappa shape index (κ1) is 25.3. The fraction of sp³-hybridized carbons (Fsp3) is 0.138. The molecule has 0 amide bonds. The zero-order chi connectivity index (χ0) is 27.1. The van der Waals surface area contributed by atoms with E-state index < -0.39 is 5.97 Å². The fourth-order valence-corrected chi connectivity index (χ4v) is 5.09. The number of benzene rings is 3. The van der Waals surface area contributed by atoms with E-state index in [0.29, 0.717) is 60.2 Å². The van der Waals surface area contributed by atoms with Crippen molar-refractivity contribution < 1.29 is 19.2 Å². The van der Waals surface area contributed by atoms with Crippen LogP contribution in [0, 0.1) is 11.8 Å². The van der Waals surface area contributed by atoms with Gasteiger partial charge in [0.25, 0.3) is 0 Å². The third-order valence-corrected chi connectivity index (χ3v) is 7.34. The number of nitrogens with one attached hydrogen (secondary N) is 1. The average molecular weight is 579 g/mol. The Hall–Kier alpha value is -3.96. The number of carboxylic acid groups (broad SMARTS) is 1. The molecule has 2 N–H and O–H groups in total. The monoisotopic (exact) mass is 577 g/mol. The molecule has 5 aromatic rings. The zero-order valence-corrected chi connectivity index (χ0v) is 22.4. The van der Waals surface area contributed by atoms with Crippen LogP contribution in [0.3, 0.4) is 0 Å². The number of aromatic carboxylic acids is 1. The molecule has 1 saturated carbocycles. The molecule has 2 aromatic heterocycles. The van der Waals surface area contributed by atoms with Crippen molar-refractivity contribution in [1.29, 1.82) is 0 Å². The van der Waals surface area contributed by atoms with Gasteiger partial charge in [-0.05, 0) is 49.2 Å². The molecule has 194 valence electrons. The summed E-state index contributed by atoms with van der Waals surface area (Å²) >= 11 is 19.4. The molecule has 0 bridgehead atoms. The number of ether oxygens (including phenoxy) is 1. The highest BCUT2D eigenvalue weighted by Gasteiger charge is 2.33. The Kier molecular flexibility index (Phi) is 6.69. The van der Waals surface area contributed by atoms with E-state index in [1.54, 1.807) is 36.4 Å². The Balaban J connectivity index is 1.26. The van der Waals surface area contributed by atoms with Crippen molar-refractivity contribution in [3.63, 3.8) is 0 Å². The average Bonchev–Trinajstić information content (AvgIpc) is 3.49. The van der Waals surface area contributed by atoms with Gasteiger partial charge in [0.2, 0.25) is 0 Å². The molecular formula is C29H18Cl3N3O4. The maximum atomic E-state index is 11.5. The van der Waals surface area contributed by atoms with Crippen LogP contribution in [0.25, 0.3) is 22.3 Å². The summed E-state index contributed by atoms with van der Waals surface area (Å²) < 4.78 is 11.8. The first-order valence-electron chi connectivity index (χ1n) is 12.0. The van der Waals surface area contributed by atoms with Crippen molar-refractivity contribution in [2.75, 3.05) is 0 Å². The summed E-state index contributed by atoms with van der Waals surface area (Å²) in [6, 6.07) is 13.5. The van der Waals surface area contributed by atoms with E-state index in [1.807, 2.05) is 0 Å². The molecule has 2 heterocycles. The van der Waals surface area contributed by atoms with E-state index in [4.69, 9.17) is 44.1 Å². The van der Waals surface area contributed by atoms with Gasteiger partial charge in [-0.25, -0.2) is 9.78 Å². The molecule has 0 atom stereocenters. The summed E-state index contributed by atoms with van der Waals surface area (Å²) in [5.41, 5.74) is 4.29. The normalized spacial score (nSPS) is 12.8. The molecule has 7 nitrogen and oxygen atoms in total. The van der Waals surface area contributed by atoms with Crippen LogP contribution in [0.4, 0.5) is 0 Å². The maximum absolute atomic E-state index is 11.5. The number of rotatable bonds is 6. The molecule has 10 heteroatoms. The van der Waals surface area contributed by atoms with E-state index in [9.17, 15) is 9.90 Å². The highest BCUT2D eigenvalue weighted by molar-refractivity contribution is 6.39. The molecule has 1 fully saturated rings. The number of aromatic nitrogens is 3. The number of nitrogens with zero attached hydrogens (tertiary/aromatic N) is 2. The highest BCUT2D eigenvalue weighted by atomic mass is 35.5. The lowest BCUT2D eigenvalue weighted by Crippen LogP contribution is -2.00. The predicted molar refractivity (Wildman–Crippen MR) is 149 cm³/mol. The summed E-state index contributed by atoms with van der Waals surface area (Å²) in [5, 5.41) is 15.0. The molecular weight excluding hydrogens is 561 g/mol. The quantitative estimate of drug-likeness (QED) is 0.200. The summed E-state index contributed by atoms with van der Waals surface area (Å²) in [6.07, 6.45) is 3.55. The van der Waals surface area contributed by atoms with E-state index in [0.717, 1.165) is 24.2 Å². The molecule has 1 aliphatic rings. The number of hydrogen-bond donors (Lipinski definition) is 2. The van der Waals surface area contributed by atoms with Gasteiger partial charge in [-0.1, -0.05) is 57.9 Å². The van der Waals surface area contributed by atoms with Crippen molar-refractivity contribution in [2.45, 2.75) is 25.4 Å². The number of imidazole rings is 1. The fourth-order valence-electron chi connectivity index (χ4n) is 4.29. The van der Waals surface area contributed by atoms with E-state index in [2.05, 4.69) is 27.0 Å². The molecule has 0 saturated heterocycles. The van der Waals surface area contributed by atoms with E-state index in [-0.39, 0.29) is 12.2 Å². The summed E-state index contributed by atoms with van der Waals surface area (Å²) in [7, 11) is 0. The number of fused-ring (bicyclic) bond motifs is 1. The van der Waals surface area contributed by atoms with Crippen molar-refractivity contribution >= 4 is 51.8 Å². The number of aromatic amines is 1. The van der Waals surface area contributed by atoms with Gasteiger partial charge in [-0.3, -0.25) is 0 Å². The molecule has 0 radical (unpaired) electrons. The van der Waals surface area contributed by atoms with Gasteiger partial charge in [0.1, 0.15) is 29.3 Å². The third-order valence-electron chi connectivity index (χ3n) is 6.39. The molecule has 1 aliphatic carbocycles. The van der Waals surface area contributed by atoms with Crippen LogP contribution >= 0.6 is 34.8 Å². The van der Waals surface area contributed by atoms with Gasteiger partial charge in [-0.15, -0.1) is 0 Å². The van der Waals surface area contributed by atoms with Crippen molar-refractivity contribution in [3.05, 3.63) is 97.9 Å². The Labute approximate surface area is 237 Å². The van der Waals surface area contributed by atoms with Crippen LogP contribution in [0.2, 0.25) is 15.1 Å². The smallest absolute Gasteiger partial charge is 0.335 e. The van der Waals surface area contributed by atoms with Gasteiger partial charge in [-0.2, -0.15) is 0 Å². The van der Waals surface area contributed by atoms with Gasteiger partial charge < -0.3 is 19.4 Å². The Morgan fingerprint density at radius 1 is 1.05 bits per heavy atom. The minimum absolute atomic E-state index is 0.114. The molecule has 6 rings (SSSR count). The molecule has 0 unspecified atom stereocenters. The SMILES string of the molecule is O=C(O)c1cc(C#Cc2ccc(OCc3c(-c4c(Cl)cccc4Cl)noc3C3CC3)cc2Cl)c2nc[nH]c2c1. The van der Waals surface area contributed by atoms with Crippen LogP contribution in [0.15, 0.2) is 59.4 Å². The summed E-state index contributed by atoms with van der Waals surface area (Å²) in [6.45, 7) is 0.187. The minimum atomic E-state index is -1.05. The molecule has 3 aromatic carbocycles. The second kappa shape index (κ2) is 10.3. The van der Waals surface area contributed by atoms with Gasteiger partial charge in [0, 0.05) is 23.1 Å². The second-order valence-electron chi connectivity index (χ2n) is 9.05. The summed E-state index contributed by atoms with van der Waals surface area (Å²) in [4.78, 5) is 18.7. The summed E-state index contributed by atoms with van der Waals surface area (Å²) in [5.74, 6) is 6.57. The first-order chi connectivity index (χ1) is 18.9. The number of carboxylic acids is 1. The Bertz CT molecular complexity index is 1790. The van der Waals surface area contributed by atoms with Crippen LogP contribution in [0.1, 0.15) is 51.6 Å². The Morgan fingerprint density at radius 3 is 2.54 bits per heavy atom. The third kappa shape index (κ3) is 5.07. The van der Waals surface area contributed by atoms with Gasteiger partial charge >= 0.3 is 5.97 Å². The van der Waals surface area contributed by atoms with Gasteiger partial charge in [0.05, 0.1) is 43.6 Å². The van der Waals surface area contributed by atoms with E-state index >= 15 is 0 Å². The lowest BCUT2D eigenvalue weighted by Gasteiger charge is -2.10. The van der Waals surface area contributed by atoms with Crippen molar-refractivity contribution in [1.82, 2.24) is 15.1 Å². The van der Waals surface area contributed by atoms with E-state index in [1.165, 1.54) is 18.5 Å². The first-order valence-corrected chi connectivity index (χ1v) is 13.1. The number of H-pyrrole nitrogens is 1. The highest BCUT2D eigenvalue weighted by Crippen LogP contribution is 2.46. The number of halogens is 3. The Morgan fingerprint density at radius 2 is 1.82 bits per heavy atom. The van der Waals surface area contributed by atoms with Crippen molar-refractivity contribution in [2.24, 2.45) is 0 Å². The topological polar surface area (TPSA) is 101 Å². The van der Waals surface area contributed by atoms with Crippen LogP contribution < -0.4 is 4.74 Å². The van der Waals surface area contributed by atoms with Crippen LogP contribution in [0.5, 0.6) is 5.75 Å². The standard InChI is InChI=1S/C29H18Cl3N3O4/c30-21-2-1-3-22(31)25(21)27-20(28(39-35-27)16-5-6-16)13-38-19-9-8-15(23(32)12-19)4-7-17-10-18(29(36)37)11-24-26(17)34-14-33-24/h1-3,8-12,14,16H,5-6,13H2,(H,33,34)(H,36,37). The lowest BCUT2D eigenvalue weighted by atomic mass is 10.0. The molecule has 0 aliphatic heterocycles. The zero-order valence-electron chi connectivity index (χ0n) is 20.1. The number of carbonyl (C=O) groups is 1. The molecule has 39 heavy (non-hydrogen) atoms. The minimum Gasteiger partial charge on any atom is -0.489 e. The second-order valence-corrected chi connectivity index (χ2v) is 10.3. The maximum Gasteiger partial charge on any atom is 0.335 e. The molecule has 0 spiro atoms. The van der Waals surface area contributed by atoms with Crippen molar-refractivity contribution in [3.8, 4) is 28.8 Å². The van der Waals surface area contributed by atoms with Gasteiger partial charge in [0.15, 0.2) is 0 Å². The predicted octanol–water partition coefficient (Wildman–Crippen LogP) is 7.73. The van der Waals surface area contributed by atoms with Crippen LogP contribution in [-0.4, -0.2) is 26.2 Å².